The fourth-order valence-electron chi connectivity index (χ4n) is 2.42. The van der Waals surface area contributed by atoms with Crippen LogP contribution in [0, 0.1) is 0 Å². The highest BCUT2D eigenvalue weighted by atomic mass is 35.5. The van der Waals surface area contributed by atoms with Gasteiger partial charge in [0.05, 0.1) is 6.04 Å². The van der Waals surface area contributed by atoms with E-state index in [9.17, 15) is 0 Å². The van der Waals surface area contributed by atoms with Gasteiger partial charge in [-0.3, -0.25) is 10.2 Å². The zero-order valence-corrected chi connectivity index (χ0v) is 11.2. The molecule has 0 spiro atoms. The molecule has 0 aliphatic carbocycles. The van der Waals surface area contributed by atoms with Crippen LogP contribution in [0.5, 0.6) is 0 Å². The predicted octanol–water partition coefficient (Wildman–Crippen LogP) is 3.00. The van der Waals surface area contributed by atoms with Gasteiger partial charge in [0.1, 0.15) is 5.50 Å². The Kier molecular flexibility index (Phi) is 4.84. The van der Waals surface area contributed by atoms with E-state index in [1.165, 1.54) is 18.4 Å². The van der Waals surface area contributed by atoms with Gasteiger partial charge in [0.2, 0.25) is 0 Å². The maximum Gasteiger partial charge on any atom is 0.102 e. The molecule has 1 aliphatic heterocycles. The Balaban J connectivity index is 2.13. The van der Waals surface area contributed by atoms with Crippen LogP contribution in [0.25, 0.3) is 0 Å². The summed E-state index contributed by atoms with van der Waals surface area (Å²) in [4.78, 5) is 2.51. The van der Waals surface area contributed by atoms with Crippen molar-refractivity contribution in [1.29, 1.82) is 0 Å². The fraction of sp³-hybridized carbons (Fsp3) is 0.571. The standard InChI is InChI=1S/C14H21ClN2/c1-2-3-10-17-11-9-16-14(15)13(17)12-7-5-4-6-8-12/h4-8,13-14,16H,2-3,9-11H2,1H3. The molecule has 2 nitrogen and oxygen atoms in total. The van der Waals surface area contributed by atoms with Crippen molar-refractivity contribution < 1.29 is 0 Å². The molecule has 1 aliphatic rings. The average Bonchev–Trinajstić information content (AvgIpc) is 2.37. The maximum atomic E-state index is 6.44. The van der Waals surface area contributed by atoms with E-state index in [4.69, 9.17) is 11.6 Å². The molecule has 2 rings (SSSR count). The summed E-state index contributed by atoms with van der Waals surface area (Å²) in [5.74, 6) is 0. The van der Waals surface area contributed by atoms with Gasteiger partial charge >= 0.3 is 0 Å². The molecular weight excluding hydrogens is 232 g/mol. The lowest BCUT2D eigenvalue weighted by Crippen LogP contribution is -2.50. The highest BCUT2D eigenvalue weighted by molar-refractivity contribution is 6.20. The van der Waals surface area contributed by atoms with E-state index in [1.807, 2.05) is 0 Å². The Hall–Kier alpha value is -0.570. The molecule has 1 heterocycles. The third-order valence-corrected chi connectivity index (χ3v) is 3.74. The molecule has 0 radical (unpaired) electrons. The lowest BCUT2D eigenvalue weighted by molar-refractivity contribution is 0.146. The third-order valence-electron chi connectivity index (χ3n) is 3.35. The van der Waals surface area contributed by atoms with Gasteiger partial charge in [0.15, 0.2) is 0 Å². The Morgan fingerprint density at radius 2 is 2.12 bits per heavy atom. The van der Waals surface area contributed by atoms with Crippen molar-refractivity contribution in [1.82, 2.24) is 10.2 Å². The van der Waals surface area contributed by atoms with Crippen LogP contribution < -0.4 is 5.32 Å². The summed E-state index contributed by atoms with van der Waals surface area (Å²) in [7, 11) is 0. The van der Waals surface area contributed by atoms with E-state index in [0.29, 0.717) is 6.04 Å². The van der Waals surface area contributed by atoms with Gasteiger partial charge in [0, 0.05) is 13.1 Å². The Morgan fingerprint density at radius 1 is 1.35 bits per heavy atom. The van der Waals surface area contributed by atoms with E-state index in [-0.39, 0.29) is 5.50 Å². The molecule has 0 saturated carbocycles. The summed E-state index contributed by atoms with van der Waals surface area (Å²) in [6.07, 6.45) is 2.48. The van der Waals surface area contributed by atoms with Gasteiger partial charge in [-0.1, -0.05) is 43.7 Å². The van der Waals surface area contributed by atoms with E-state index in [1.54, 1.807) is 0 Å². The van der Waals surface area contributed by atoms with Crippen LogP contribution in [0.4, 0.5) is 0 Å². The number of halogens is 1. The number of nitrogens with one attached hydrogen (secondary N) is 1. The van der Waals surface area contributed by atoms with E-state index in [0.717, 1.165) is 19.6 Å². The molecule has 1 N–H and O–H groups in total. The molecule has 2 atom stereocenters. The van der Waals surface area contributed by atoms with Gasteiger partial charge in [-0.15, -0.1) is 11.6 Å². The Labute approximate surface area is 109 Å². The normalized spacial score (nSPS) is 26.0. The minimum Gasteiger partial charge on any atom is -0.298 e. The SMILES string of the molecule is CCCCN1CCNC(Cl)C1c1ccccc1. The van der Waals surface area contributed by atoms with Gasteiger partial charge in [-0.05, 0) is 18.5 Å². The quantitative estimate of drug-likeness (QED) is 0.655. The maximum absolute atomic E-state index is 6.44. The first-order valence-corrected chi connectivity index (χ1v) is 6.93. The van der Waals surface area contributed by atoms with Crippen molar-refractivity contribution in [3.05, 3.63) is 35.9 Å². The highest BCUT2D eigenvalue weighted by Crippen LogP contribution is 2.28. The smallest absolute Gasteiger partial charge is 0.102 e. The van der Waals surface area contributed by atoms with Crippen LogP contribution in [-0.4, -0.2) is 30.0 Å². The molecule has 1 aromatic rings. The van der Waals surface area contributed by atoms with Gasteiger partial charge in [0.25, 0.3) is 0 Å². The monoisotopic (exact) mass is 252 g/mol. The molecule has 0 amide bonds. The van der Waals surface area contributed by atoms with Crippen LogP contribution >= 0.6 is 11.6 Å². The Bertz CT molecular complexity index is 328. The minimum atomic E-state index is 0.0167. The molecule has 17 heavy (non-hydrogen) atoms. The summed E-state index contributed by atoms with van der Waals surface area (Å²) in [5, 5.41) is 3.36. The number of hydrogen-bond acceptors (Lipinski definition) is 2. The lowest BCUT2D eigenvalue weighted by Gasteiger charge is -2.39. The number of hydrogen-bond donors (Lipinski definition) is 1. The third kappa shape index (κ3) is 3.21. The zero-order valence-electron chi connectivity index (χ0n) is 10.4. The summed E-state index contributed by atoms with van der Waals surface area (Å²) in [6.45, 7) is 5.45. The zero-order chi connectivity index (χ0) is 12.1. The summed E-state index contributed by atoms with van der Waals surface area (Å²) >= 11 is 6.44. The molecule has 1 saturated heterocycles. The molecule has 0 bridgehead atoms. The first-order valence-electron chi connectivity index (χ1n) is 6.49. The second kappa shape index (κ2) is 6.39. The molecule has 1 aromatic carbocycles. The van der Waals surface area contributed by atoms with Crippen molar-refractivity contribution in [3.63, 3.8) is 0 Å². The molecular formula is C14H21ClN2. The number of nitrogens with zero attached hydrogens (tertiary/aromatic N) is 1. The van der Waals surface area contributed by atoms with Gasteiger partial charge < -0.3 is 0 Å². The lowest BCUT2D eigenvalue weighted by atomic mass is 10.0. The second-order valence-corrected chi connectivity index (χ2v) is 5.07. The molecule has 2 unspecified atom stereocenters. The molecule has 0 aromatic heterocycles. The van der Waals surface area contributed by atoms with E-state index >= 15 is 0 Å². The molecule has 94 valence electrons. The van der Waals surface area contributed by atoms with Crippen LogP contribution in [0.3, 0.4) is 0 Å². The molecule has 3 heteroatoms. The number of rotatable bonds is 4. The van der Waals surface area contributed by atoms with Crippen LogP contribution in [0.2, 0.25) is 0 Å². The topological polar surface area (TPSA) is 15.3 Å². The van der Waals surface area contributed by atoms with E-state index in [2.05, 4.69) is 47.5 Å². The van der Waals surface area contributed by atoms with Crippen LogP contribution in [-0.2, 0) is 0 Å². The highest BCUT2D eigenvalue weighted by Gasteiger charge is 2.30. The second-order valence-electron chi connectivity index (χ2n) is 4.60. The average molecular weight is 253 g/mol. The summed E-state index contributed by atoms with van der Waals surface area (Å²) in [6, 6.07) is 10.9. The molecule has 1 fully saturated rings. The van der Waals surface area contributed by atoms with Gasteiger partial charge in [-0.2, -0.15) is 0 Å². The number of piperazine rings is 1. The predicted molar refractivity (Wildman–Crippen MR) is 73.3 cm³/mol. The van der Waals surface area contributed by atoms with Crippen molar-refractivity contribution in [3.8, 4) is 0 Å². The largest absolute Gasteiger partial charge is 0.298 e. The van der Waals surface area contributed by atoms with Crippen LogP contribution in [0.15, 0.2) is 30.3 Å². The fourth-order valence-corrected chi connectivity index (χ4v) is 2.84. The van der Waals surface area contributed by atoms with Gasteiger partial charge in [-0.25, -0.2) is 0 Å². The van der Waals surface area contributed by atoms with E-state index < -0.39 is 0 Å². The number of alkyl halides is 1. The first-order chi connectivity index (χ1) is 8.33. The number of unbranched alkanes of at least 4 members (excludes halogenated alkanes) is 1. The summed E-state index contributed by atoms with van der Waals surface area (Å²) in [5.41, 5.74) is 1.33. The van der Waals surface area contributed by atoms with Crippen molar-refractivity contribution in [2.75, 3.05) is 19.6 Å². The van der Waals surface area contributed by atoms with Crippen molar-refractivity contribution in [2.45, 2.75) is 31.3 Å². The van der Waals surface area contributed by atoms with Crippen LogP contribution in [0.1, 0.15) is 31.4 Å². The Morgan fingerprint density at radius 3 is 2.82 bits per heavy atom. The minimum absolute atomic E-state index is 0.0167. The summed E-state index contributed by atoms with van der Waals surface area (Å²) < 4.78 is 0. The number of benzene rings is 1. The first kappa shape index (κ1) is 12.9. The van der Waals surface area contributed by atoms with Crippen molar-refractivity contribution >= 4 is 11.6 Å². The van der Waals surface area contributed by atoms with Crippen molar-refractivity contribution in [2.24, 2.45) is 0 Å².